The summed E-state index contributed by atoms with van der Waals surface area (Å²) in [4.78, 5) is 10.7. The van der Waals surface area contributed by atoms with E-state index < -0.39 is 23.1 Å². The highest BCUT2D eigenvalue weighted by atomic mass is 19.1. The van der Waals surface area contributed by atoms with Crippen molar-refractivity contribution in [2.45, 2.75) is 12.5 Å². The van der Waals surface area contributed by atoms with Crippen LogP contribution < -0.4 is 5.73 Å². The van der Waals surface area contributed by atoms with Gasteiger partial charge in [0.2, 0.25) is 0 Å². The van der Waals surface area contributed by atoms with Crippen molar-refractivity contribution in [1.29, 1.82) is 0 Å². The van der Waals surface area contributed by atoms with Crippen molar-refractivity contribution in [2.75, 3.05) is 0 Å². The number of carboxylic acid groups (broad SMARTS) is 1. The van der Waals surface area contributed by atoms with Crippen LogP contribution in [0.1, 0.15) is 12.5 Å². The van der Waals surface area contributed by atoms with Gasteiger partial charge in [0.15, 0.2) is 11.6 Å². The normalized spacial score (nSPS) is 14.8. The summed E-state index contributed by atoms with van der Waals surface area (Å²) in [5.41, 5.74) is 3.98. The second kappa shape index (κ2) is 3.26. The van der Waals surface area contributed by atoms with Gasteiger partial charge in [-0.2, -0.15) is 0 Å². The molecule has 14 heavy (non-hydrogen) atoms. The molecule has 76 valence electrons. The van der Waals surface area contributed by atoms with Crippen molar-refractivity contribution in [1.82, 2.24) is 0 Å². The summed E-state index contributed by atoms with van der Waals surface area (Å²) in [6.45, 7) is 1.27. The molecule has 0 amide bonds. The Balaban J connectivity index is 3.21. The molecule has 0 radical (unpaired) electrons. The average molecular weight is 199 g/mol. The van der Waals surface area contributed by atoms with Gasteiger partial charge in [-0.3, -0.25) is 0 Å². The molecule has 0 bridgehead atoms. The number of benzene rings is 1. The molecule has 5 heteroatoms. The van der Waals surface area contributed by atoms with Crippen LogP contribution in [0.3, 0.4) is 0 Å². The molecule has 0 spiro atoms. The van der Waals surface area contributed by atoms with Crippen LogP contribution in [-0.2, 0) is 10.3 Å². The van der Waals surface area contributed by atoms with Crippen molar-refractivity contribution in [2.24, 2.45) is 5.73 Å². The maximum atomic E-state index is 12.6. The van der Waals surface area contributed by atoms with Crippen LogP contribution in [0.4, 0.5) is 4.39 Å². The van der Waals surface area contributed by atoms with E-state index in [1.54, 1.807) is 0 Å². The van der Waals surface area contributed by atoms with Crippen LogP contribution in [0, 0.1) is 5.82 Å². The summed E-state index contributed by atoms with van der Waals surface area (Å²) in [7, 11) is 0. The van der Waals surface area contributed by atoms with Gasteiger partial charge >= 0.3 is 5.97 Å². The molecule has 0 aliphatic heterocycles. The lowest BCUT2D eigenvalue weighted by Crippen LogP contribution is -2.41. The van der Waals surface area contributed by atoms with E-state index in [-0.39, 0.29) is 5.56 Å². The first-order valence-electron chi connectivity index (χ1n) is 3.87. The highest BCUT2D eigenvalue weighted by Crippen LogP contribution is 2.24. The molecule has 1 rings (SSSR count). The third kappa shape index (κ3) is 1.67. The van der Waals surface area contributed by atoms with Crippen molar-refractivity contribution < 1.29 is 19.4 Å². The van der Waals surface area contributed by atoms with Gasteiger partial charge in [0.25, 0.3) is 0 Å². The number of phenols is 1. The van der Waals surface area contributed by atoms with Crippen molar-refractivity contribution in [3.63, 3.8) is 0 Å². The molecule has 0 heterocycles. The van der Waals surface area contributed by atoms with E-state index in [9.17, 15) is 9.18 Å². The summed E-state index contributed by atoms with van der Waals surface area (Å²) in [5.74, 6) is -2.67. The lowest BCUT2D eigenvalue weighted by atomic mass is 9.93. The molecule has 4 nitrogen and oxygen atoms in total. The smallest absolute Gasteiger partial charge is 0.328 e. The van der Waals surface area contributed by atoms with Gasteiger partial charge in [0, 0.05) is 0 Å². The van der Waals surface area contributed by atoms with E-state index in [0.29, 0.717) is 0 Å². The number of hydrogen-bond acceptors (Lipinski definition) is 3. The summed E-state index contributed by atoms with van der Waals surface area (Å²) in [5, 5.41) is 17.8. The molecule has 0 aromatic heterocycles. The SMILES string of the molecule is CC(N)(C(=O)O)c1ccc(F)c(O)c1. The quantitative estimate of drug-likeness (QED) is 0.657. The van der Waals surface area contributed by atoms with Gasteiger partial charge in [0.1, 0.15) is 5.54 Å². The highest BCUT2D eigenvalue weighted by molar-refractivity contribution is 5.80. The summed E-state index contributed by atoms with van der Waals surface area (Å²) in [6.07, 6.45) is 0. The van der Waals surface area contributed by atoms with Crippen molar-refractivity contribution >= 4 is 5.97 Å². The van der Waals surface area contributed by atoms with Gasteiger partial charge in [-0.25, -0.2) is 9.18 Å². The Labute approximate surface area is 79.8 Å². The maximum absolute atomic E-state index is 12.6. The minimum atomic E-state index is -1.63. The van der Waals surface area contributed by atoms with E-state index in [0.717, 1.165) is 12.1 Å². The number of hydrogen-bond donors (Lipinski definition) is 3. The number of aromatic hydroxyl groups is 1. The molecular formula is C9H10FNO3. The molecule has 0 fully saturated rings. The average Bonchev–Trinajstić information content (AvgIpc) is 2.09. The van der Waals surface area contributed by atoms with Gasteiger partial charge < -0.3 is 15.9 Å². The van der Waals surface area contributed by atoms with Crippen molar-refractivity contribution in [3.05, 3.63) is 29.6 Å². The first-order valence-corrected chi connectivity index (χ1v) is 3.87. The standard InChI is InChI=1S/C9H10FNO3/c1-9(11,8(13)14)5-2-3-6(10)7(12)4-5/h2-4,12H,11H2,1H3,(H,13,14). The van der Waals surface area contributed by atoms with Gasteiger partial charge in [-0.1, -0.05) is 6.07 Å². The van der Waals surface area contributed by atoms with Crippen LogP contribution in [0.2, 0.25) is 0 Å². The second-order valence-corrected chi connectivity index (χ2v) is 3.17. The van der Waals surface area contributed by atoms with Gasteiger partial charge in [0.05, 0.1) is 0 Å². The third-order valence-corrected chi connectivity index (χ3v) is 1.99. The summed E-state index contributed by atoms with van der Waals surface area (Å²) >= 11 is 0. The van der Waals surface area contributed by atoms with E-state index in [1.165, 1.54) is 13.0 Å². The predicted molar refractivity (Wildman–Crippen MR) is 47.2 cm³/mol. The topological polar surface area (TPSA) is 83.6 Å². The number of carbonyl (C=O) groups is 1. The fourth-order valence-electron chi connectivity index (χ4n) is 0.959. The van der Waals surface area contributed by atoms with Crippen LogP contribution in [-0.4, -0.2) is 16.2 Å². The Morgan fingerprint density at radius 1 is 1.57 bits per heavy atom. The fraction of sp³-hybridized carbons (Fsp3) is 0.222. The van der Waals surface area contributed by atoms with E-state index in [2.05, 4.69) is 0 Å². The zero-order valence-electron chi connectivity index (χ0n) is 7.49. The van der Waals surface area contributed by atoms with E-state index >= 15 is 0 Å². The predicted octanol–water partition coefficient (Wildman–Crippen LogP) is 0.790. The van der Waals surface area contributed by atoms with Crippen LogP contribution in [0.25, 0.3) is 0 Å². The third-order valence-electron chi connectivity index (χ3n) is 1.99. The highest BCUT2D eigenvalue weighted by Gasteiger charge is 2.30. The van der Waals surface area contributed by atoms with Gasteiger partial charge in [-0.05, 0) is 24.6 Å². The monoisotopic (exact) mass is 199 g/mol. The minimum absolute atomic E-state index is 0.143. The first-order chi connectivity index (χ1) is 6.35. The van der Waals surface area contributed by atoms with Crippen LogP contribution >= 0.6 is 0 Å². The number of rotatable bonds is 2. The second-order valence-electron chi connectivity index (χ2n) is 3.17. The van der Waals surface area contributed by atoms with Crippen LogP contribution in [0.15, 0.2) is 18.2 Å². The molecule has 0 aliphatic carbocycles. The summed E-state index contributed by atoms with van der Waals surface area (Å²) in [6, 6.07) is 3.20. The molecule has 1 unspecified atom stereocenters. The molecule has 4 N–H and O–H groups in total. The molecule has 0 saturated carbocycles. The molecule has 0 saturated heterocycles. The molecule has 1 atom stereocenters. The zero-order valence-corrected chi connectivity index (χ0v) is 7.49. The van der Waals surface area contributed by atoms with Crippen molar-refractivity contribution in [3.8, 4) is 5.75 Å². The number of carboxylic acids is 1. The lowest BCUT2D eigenvalue weighted by Gasteiger charge is -2.19. The summed E-state index contributed by atoms with van der Waals surface area (Å²) < 4.78 is 12.6. The fourth-order valence-corrected chi connectivity index (χ4v) is 0.959. The number of aliphatic carboxylic acids is 1. The maximum Gasteiger partial charge on any atom is 0.328 e. The molecule has 0 aliphatic rings. The van der Waals surface area contributed by atoms with Gasteiger partial charge in [-0.15, -0.1) is 0 Å². The first kappa shape index (κ1) is 10.5. The zero-order chi connectivity index (χ0) is 10.9. The number of nitrogens with two attached hydrogens (primary N) is 1. The number of halogens is 1. The Hall–Kier alpha value is -1.62. The van der Waals surface area contributed by atoms with Crippen LogP contribution in [0.5, 0.6) is 5.75 Å². The van der Waals surface area contributed by atoms with E-state index in [4.69, 9.17) is 15.9 Å². The Morgan fingerprint density at radius 3 is 2.57 bits per heavy atom. The molecule has 1 aromatic carbocycles. The Kier molecular flexibility index (Phi) is 2.44. The molecule has 1 aromatic rings. The van der Waals surface area contributed by atoms with E-state index in [1.807, 2.05) is 0 Å². The Bertz CT molecular complexity index is 376. The molecular weight excluding hydrogens is 189 g/mol. The Morgan fingerprint density at radius 2 is 2.14 bits per heavy atom. The number of phenolic OH excluding ortho intramolecular Hbond substituents is 1. The lowest BCUT2D eigenvalue weighted by molar-refractivity contribution is -0.143. The largest absolute Gasteiger partial charge is 0.505 e. The minimum Gasteiger partial charge on any atom is -0.505 e.